The van der Waals surface area contributed by atoms with Crippen LogP contribution in [-0.2, 0) is 4.74 Å². The zero-order chi connectivity index (χ0) is 12.9. The Morgan fingerprint density at radius 1 is 1.44 bits per heavy atom. The zero-order valence-corrected chi connectivity index (χ0v) is 11.6. The van der Waals surface area contributed by atoms with Gasteiger partial charge in [-0.15, -0.1) is 0 Å². The van der Waals surface area contributed by atoms with Crippen molar-refractivity contribution in [3.8, 4) is 0 Å². The van der Waals surface area contributed by atoms with E-state index in [1.54, 1.807) is 0 Å². The summed E-state index contributed by atoms with van der Waals surface area (Å²) in [5, 5.41) is 4.78. The monoisotopic (exact) mass is 246 g/mol. The molecule has 2 aliphatic carbocycles. The first-order chi connectivity index (χ1) is 8.63. The predicted octanol–water partition coefficient (Wildman–Crippen LogP) is 3.84. The molecule has 0 radical (unpaired) electrons. The molecule has 18 heavy (non-hydrogen) atoms. The molecule has 0 spiro atoms. The first kappa shape index (κ1) is 11.8. The highest BCUT2D eigenvalue weighted by Crippen LogP contribution is 2.55. The van der Waals surface area contributed by atoms with Crippen LogP contribution in [0.4, 0.5) is 0 Å². The third-order valence-electron chi connectivity index (χ3n) is 4.29. The summed E-state index contributed by atoms with van der Waals surface area (Å²) in [6.45, 7) is 11.1. The molecule has 1 saturated carbocycles. The van der Waals surface area contributed by atoms with E-state index in [4.69, 9.17) is 9.84 Å². The van der Waals surface area contributed by atoms with E-state index in [1.165, 1.54) is 30.5 Å². The summed E-state index contributed by atoms with van der Waals surface area (Å²) in [4.78, 5) is 0. The number of ether oxygens (including phenoxy) is 1. The Morgan fingerprint density at radius 2 is 2.17 bits per heavy atom. The van der Waals surface area contributed by atoms with Gasteiger partial charge in [0.2, 0.25) is 0 Å². The second-order valence-electron chi connectivity index (χ2n) is 5.75. The molecule has 1 aromatic rings. The number of aromatic nitrogens is 2. The Hall–Kier alpha value is -1.25. The lowest BCUT2D eigenvalue weighted by Crippen LogP contribution is -2.10. The van der Waals surface area contributed by atoms with E-state index in [1.807, 2.05) is 6.92 Å². The number of hydrogen-bond donors (Lipinski definition) is 0. The van der Waals surface area contributed by atoms with Gasteiger partial charge < -0.3 is 4.74 Å². The molecule has 98 valence electrons. The lowest BCUT2D eigenvalue weighted by molar-refractivity contribution is 0.296. The molecule has 2 aliphatic rings. The minimum Gasteiger partial charge on any atom is -0.492 e. The van der Waals surface area contributed by atoms with Crippen LogP contribution in [0.5, 0.6) is 0 Å². The fourth-order valence-electron chi connectivity index (χ4n) is 3.60. The molecule has 0 aromatic carbocycles. The molecule has 3 nitrogen and oxygen atoms in total. The third-order valence-corrected chi connectivity index (χ3v) is 4.29. The SMILES string of the molecule is C=C(OCC)c1nn(C(C)C)c2c1C1CCC2C1. The third kappa shape index (κ3) is 1.53. The molecule has 0 N–H and O–H groups in total. The van der Waals surface area contributed by atoms with Gasteiger partial charge in [0, 0.05) is 23.2 Å². The number of fused-ring (bicyclic) bond motifs is 5. The van der Waals surface area contributed by atoms with Crippen LogP contribution < -0.4 is 0 Å². The van der Waals surface area contributed by atoms with Gasteiger partial charge in [-0.3, -0.25) is 4.68 Å². The molecule has 3 heteroatoms. The van der Waals surface area contributed by atoms with Crippen molar-refractivity contribution in [3.05, 3.63) is 23.5 Å². The van der Waals surface area contributed by atoms with Gasteiger partial charge in [0.15, 0.2) is 0 Å². The lowest BCUT2D eigenvalue weighted by Gasteiger charge is -2.16. The van der Waals surface area contributed by atoms with Crippen LogP contribution in [0, 0.1) is 0 Å². The Labute approximate surface area is 109 Å². The van der Waals surface area contributed by atoms with Gasteiger partial charge in [0.1, 0.15) is 11.5 Å². The molecule has 3 rings (SSSR count). The Bertz CT molecular complexity index is 487. The second-order valence-corrected chi connectivity index (χ2v) is 5.75. The van der Waals surface area contributed by atoms with Crippen LogP contribution in [0.15, 0.2) is 6.58 Å². The highest BCUT2D eigenvalue weighted by atomic mass is 16.5. The van der Waals surface area contributed by atoms with E-state index in [0.717, 1.165) is 17.4 Å². The van der Waals surface area contributed by atoms with Crippen molar-refractivity contribution in [2.45, 2.75) is 57.9 Å². The minimum atomic E-state index is 0.418. The fourth-order valence-corrected chi connectivity index (χ4v) is 3.60. The molecule has 2 unspecified atom stereocenters. The fraction of sp³-hybridized carbons (Fsp3) is 0.667. The summed E-state index contributed by atoms with van der Waals surface area (Å²) in [6, 6.07) is 0.418. The van der Waals surface area contributed by atoms with Crippen molar-refractivity contribution in [1.29, 1.82) is 0 Å². The van der Waals surface area contributed by atoms with Crippen molar-refractivity contribution in [1.82, 2.24) is 9.78 Å². The van der Waals surface area contributed by atoms with Crippen molar-refractivity contribution < 1.29 is 4.74 Å². The van der Waals surface area contributed by atoms with Gasteiger partial charge in [0.05, 0.1) is 6.61 Å². The van der Waals surface area contributed by atoms with Gasteiger partial charge in [-0.05, 0) is 46.0 Å². The largest absolute Gasteiger partial charge is 0.492 e. The first-order valence-corrected chi connectivity index (χ1v) is 7.07. The molecule has 0 saturated heterocycles. The lowest BCUT2D eigenvalue weighted by atomic mass is 9.95. The molecule has 1 aromatic heterocycles. The van der Waals surface area contributed by atoms with E-state index in [0.29, 0.717) is 18.6 Å². The molecule has 2 atom stereocenters. The van der Waals surface area contributed by atoms with Crippen LogP contribution in [-0.4, -0.2) is 16.4 Å². The van der Waals surface area contributed by atoms with Crippen molar-refractivity contribution >= 4 is 5.76 Å². The minimum absolute atomic E-state index is 0.418. The van der Waals surface area contributed by atoms with Gasteiger partial charge in [-0.2, -0.15) is 5.10 Å². The Kier molecular flexibility index (Phi) is 2.72. The number of rotatable bonds is 4. The normalized spacial score (nSPS) is 24.7. The van der Waals surface area contributed by atoms with Gasteiger partial charge in [0.25, 0.3) is 0 Å². The maximum absolute atomic E-state index is 5.58. The standard InChI is InChI=1S/C15H22N2O/c1-5-18-10(4)14-13-11-6-7-12(8-11)15(13)17(16-14)9(2)3/h9,11-12H,4-8H2,1-3H3. The van der Waals surface area contributed by atoms with Crippen LogP contribution in [0.1, 0.15) is 74.9 Å². The van der Waals surface area contributed by atoms with E-state index in [-0.39, 0.29) is 0 Å². The van der Waals surface area contributed by atoms with Crippen LogP contribution in [0.25, 0.3) is 5.76 Å². The van der Waals surface area contributed by atoms with Gasteiger partial charge >= 0.3 is 0 Å². The molecular formula is C15H22N2O. The summed E-state index contributed by atoms with van der Waals surface area (Å²) < 4.78 is 7.79. The molecule has 1 fully saturated rings. The Morgan fingerprint density at radius 3 is 2.83 bits per heavy atom. The van der Waals surface area contributed by atoms with E-state index in [9.17, 15) is 0 Å². The topological polar surface area (TPSA) is 27.1 Å². The van der Waals surface area contributed by atoms with Gasteiger partial charge in [-0.1, -0.05) is 6.58 Å². The average Bonchev–Trinajstić information content (AvgIpc) is 3.00. The summed E-state index contributed by atoms with van der Waals surface area (Å²) in [6.07, 6.45) is 3.96. The number of nitrogens with zero attached hydrogens (tertiary/aromatic N) is 2. The summed E-state index contributed by atoms with van der Waals surface area (Å²) in [7, 11) is 0. The smallest absolute Gasteiger partial charge is 0.139 e. The second kappa shape index (κ2) is 4.15. The first-order valence-electron chi connectivity index (χ1n) is 7.07. The zero-order valence-electron chi connectivity index (χ0n) is 11.6. The van der Waals surface area contributed by atoms with Crippen molar-refractivity contribution in [2.24, 2.45) is 0 Å². The molecule has 1 heterocycles. The van der Waals surface area contributed by atoms with E-state index >= 15 is 0 Å². The summed E-state index contributed by atoms with van der Waals surface area (Å²) in [5.74, 6) is 2.17. The van der Waals surface area contributed by atoms with Crippen LogP contribution >= 0.6 is 0 Å². The Balaban J connectivity index is 2.09. The highest BCUT2D eigenvalue weighted by molar-refractivity contribution is 5.61. The van der Waals surface area contributed by atoms with Crippen LogP contribution in [0.2, 0.25) is 0 Å². The average molecular weight is 246 g/mol. The van der Waals surface area contributed by atoms with Crippen LogP contribution in [0.3, 0.4) is 0 Å². The quantitative estimate of drug-likeness (QED) is 0.755. The summed E-state index contributed by atoms with van der Waals surface area (Å²) >= 11 is 0. The number of hydrogen-bond acceptors (Lipinski definition) is 2. The van der Waals surface area contributed by atoms with E-state index < -0.39 is 0 Å². The van der Waals surface area contributed by atoms with Crippen molar-refractivity contribution in [3.63, 3.8) is 0 Å². The maximum Gasteiger partial charge on any atom is 0.139 e. The molecular weight excluding hydrogens is 224 g/mol. The maximum atomic E-state index is 5.58. The predicted molar refractivity (Wildman–Crippen MR) is 72.6 cm³/mol. The molecule has 0 aliphatic heterocycles. The summed E-state index contributed by atoms with van der Waals surface area (Å²) in [5.41, 5.74) is 3.93. The van der Waals surface area contributed by atoms with Crippen molar-refractivity contribution in [2.75, 3.05) is 6.61 Å². The molecule has 0 amide bonds. The van der Waals surface area contributed by atoms with Gasteiger partial charge in [-0.25, -0.2) is 0 Å². The van der Waals surface area contributed by atoms with E-state index in [2.05, 4.69) is 25.1 Å². The highest BCUT2D eigenvalue weighted by Gasteiger charge is 2.43. The molecule has 2 bridgehead atoms.